The maximum Gasteiger partial charge on any atom is 0.200 e. The van der Waals surface area contributed by atoms with E-state index >= 15 is 0 Å². The van der Waals surface area contributed by atoms with Gasteiger partial charge in [0.05, 0.1) is 6.61 Å². The third kappa shape index (κ3) is 5.71. The van der Waals surface area contributed by atoms with E-state index in [2.05, 4.69) is 18.7 Å². The van der Waals surface area contributed by atoms with Crippen molar-refractivity contribution in [1.82, 2.24) is 0 Å². The molecule has 1 nitrogen and oxygen atoms in total. The smallest absolute Gasteiger partial charge is 0.200 e. The molecule has 0 bridgehead atoms. The summed E-state index contributed by atoms with van der Waals surface area (Å²) in [5.41, 5.74) is 0.540. The summed E-state index contributed by atoms with van der Waals surface area (Å²) in [6, 6.07) is 3.32. The van der Waals surface area contributed by atoms with Crippen LogP contribution in [0.4, 0.5) is 8.78 Å². The third-order valence-electron chi connectivity index (χ3n) is 7.02. The molecular weight excluding hydrogens is 366 g/mol. The van der Waals surface area contributed by atoms with Gasteiger partial charge in [0, 0.05) is 0 Å². The molecule has 0 radical (unpaired) electrons. The fourth-order valence-electron chi connectivity index (χ4n) is 5.34. The molecule has 0 unspecified atom stereocenters. The summed E-state index contributed by atoms with van der Waals surface area (Å²) in [7, 11) is 0. The summed E-state index contributed by atoms with van der Waals surface area (Å²) < 4.78 is 34.0. The van der Waals surface area contributed by atoms with Crippen LogP contribution in [0.5, 0.6) is 5.75 Å². The predicted octanol–water partition coefficient (Wildman–Crippen LogP) is 7.97. The highest BCUT2D eigenvalue weighted by molar-refractivity contribution is 5.33. The number of rotatable bonds is 8. The fourth-order valence-corrected chi connectivity index (χ4v) is 5.34. The Morgan fingerprint density at radius 1 is 0.931 bits per heavy atom. The second-order valence-electron chi connectivity index (χ2n) is 8.79. The Hall–Kier alpha value is -1.64. The number of allylic oxidation sites excluding steroid dienone is 3. The molecule has 3 heteroatoms. The Bertz CT molecular complexity index is 680. The van der Waals surface area contributed by atoms with Gasteiger partial charge in [0.25, 0.3) is 0 Å². The minimum atomic E-state index is -0.828. The highest BCUT2D eigenvalue weighted by atomic mass is 19.2. The lowest BCUT2D eigenvalue weighted by Gasteiger charge is -2.37. The number of hydrogen-bond acceptors (Lipinski definition) is 1. The summed E-state index contributed by atoms with van der Waals surface area (Å²) in [5.74, 6) is 0.948. The van der Waals surface area contributed by atoms with Crippen molar-refractivity contribution in [3.8, 4) is 5.75 Å². The largest absolute Gasteiger partial charge is 0.491 e. The van der Waals surface area contributed by atoms with Crippen molar-refractivity contribution in [1.29, 1.82) is 0 Å². The quantitative estimate of drug-likeness (QED) is 0.316. The second kappa shape index (κ2) is 10.9. The molecule has 0 spiro atoms. The topological polar surface area (TPSA) is 9.23 Å². The van der Waals surface area contributed by atoms with Crippen molar-refractivity contribution in [3.05, 3.63) is 54.1 Å². The van der Waals surface area contributed by atoms with E-state index in [1.54, 1.807) is 19.1 Å². The van der Waals surface area contributed by atoms with Crippen molar-refractivity contribution < 1.29 is 13.5 Å². The van der Waals surface area contributed by atoms with Crippen molar-refractivity contribution >= 4 is 0 Å². The molecule has 0 N–H and O–H groups in total. The molecule has 3 rings (SSSR count). The molecule has 0 heterocycles. The molecule has 1 aromatic carbocycles. The van der Waals surface area contributed by atoms with Crippen molar-refractivity contribution in [2.45, 2.75) is 77.0 Å². The highest BCUT2D eigenvalue weighted by Gasteiger charge is 2.32. The lowest BCUT2D eigenvalue weighted by molar-refractivity contribution is 0.170. The molecule has 0 aromatic heterocycles. The van der Waals surface area contributed by atoms with Crippen LogP contribution in [0.15, 0.2) is 36.9 Å². The Morgan fingerprint density at radius 2 is 1.59 bits per heavy atom. The number of benzene rings is 1. The van der Waals surface area contributed by atoms with E-state index in [1.807, 2.05) is 6.08 Å². The third-order valence-corrected chi connectivity index (χ3v) is 7.02. The van der Waals surface area contributed by atoms with E-state index in [0.29, 0.717) is 12.2 Å². The van der Waals surface area contributed by atoms with Gasteiger partial charge in [-0.2, -0.15) is 4.39 Å². The highest BCUT2D eigenvalue weighted by Crippen LogP contribution is 2.45. The second-order valence-corrected chi connectivity index (χ2v) is 8.79. The van der Waals surface area contributed by atoms with Gasteiger partial charge in [0.15, 0.2) is 11.6 Å². The van der Waals surface area contributed by atoms with Crippen LogP contribution in [0.25, 0.3) is 0 Å². The molecule has 2 saturated carbocycles. The number of halogens is 2. The Kier molecular flexibility index (Phi) is 8.32. The standard InChI is InChI=1S/C26H36F2O/c1-3-5-6-7-8-19-9-11-20(12-10-19)21-13-15-22(16-14-21)23-17-18-24(29-4-2)26(28)25(23)27/h3,7-8,17-22H,1,4-6,9-16H2,2H3/b8-7+. The van der Waals surface area contributed by atoms with Gasteiger partial charge in [-0.15, -0.1) is 6.58 Å². The van der Waals surface area contributed by atoms with Crippen LogP contribution in [0.1, 0.15) is 82.6 Å². The summed E-state index contributed by atoms with van der Waals surface area (Å²) in [5, 5.41) is 0. The van der Waals surface area contributed by atoms with Crippen molar-refractivity contribution in [2.75, 3.05) is 6.61 Å². The molecule has 0 aliphatic heterocycles. The lowest BCUT2D eigenvalue weighted by Crippen LogP contribution is -2.25. The Balaban J connectivity index is 1.48. The van der Waals surface area contributed by atoms with Crippen LogP contribution < -0.4 is 4.74 Å². The van der Waals surface area contributed by atoms with E-state index in [4.69, 9.17) is 4.74 Å². The van der Waals surface area contributed by atoms with Crippen molar-refractivity contribution in [2.24, 2.45) is 17.8 Å². The van der Waals surface area contributed by atoms with Gasteiger partial charge >= 0.3 is 0 Å². The van der Waals surface area contributed by atoms with Crippen LogP contribution >= 0.6 is 0 Å². The summed E-state index contributed by atoms with van der Waals surface area (Å²) in [6.45, 7) is 5.89. The average Bonchev–Trinajstić information content (AvgIpc) is 2.75. The predicted molar refractivity (Wildman–Crippen MR) is 116 cm³/mol. The van der Waals surface area contributed by atoms with Crippen molar-refractivity contribution in [3.63, 3.8) is 0 Å². The van der Waals surface area contributed by atoms with Crippen LogP contribution in [-0.4, -0.2) is 6.61 Å². The number of unbranched alkanes of at least 4 members (excludes halogenated alkanes) is 1. The van der Waals surface area contributed by atoms with Gasteiger partial charge in [-0.1, -0.05) is 24.3 Å². The lowest BCUT2D eigenvalue weighted by atomic mass is 9.68. The zero-order valence-electron chi connectivity index (χ0n) is 17.8. The Morgan fingerprint density at radius 3 is 2.21 bits per heavy atom. The zero-order chi connectivity index (χ0) is 20.6. The van der Waals surface area contributed by atoms with Crippen LogP contribution in [-0.2, 0) is 0 Å². The molecule has 2 aliphatic rings. The van der Waals surface area contributed by atoms with Crippen LogP contribution in [0.3, 0.4) is 0 Å². The van der Waals surface area contributed by atoms with Gasteiger partial charge in [0.1, 0.15) is 0 Å². The Labute approximate surface area is 175 Å². The van der Waals surface area contributed by atoms with Gasteiger partial charge in [0.2, 0.25) is 5.82 Å². The van der Waals surface area contributed by atoms with Crippen LogP contribution in [0.2, 0.25) is 0 Å². The molecule has 29 heavy (non-hydrogen) atoms. The zero-order valence-corrected chi connectivity index (χ0v) is 17.8. The average molecular weight is 403 g/mol. The maximum absolute atomic E-state index is 14.5. The van der Waals surface area contributed by atoms with Gasteiger partial charge in [-0.05, 0) is 106 Å². The van der Waals surface area contributed by atoms with E-state index in [-0.39, 0.29) is 11.7 Å². The minimum absolute atomic E-state index is 0.0257. The normalized spacial score (nSPS) is 27.8. The molecule has 2 aliphatic carbocycles. The summed E-state index contributed by atoms with van der Waals surface area (Å²) in [6.07, 6.45) is 18.3. The van der Waals surface area contributed by atoms with E-state index in [9.17, 15) is 8.78 Å². The SMILES string of the molecule is C=CCC/C=C/C1CCC(C2CCC(c3ccc(OCC)c(F)c3F)CC2)CC1. The summed E-state index contributed by atoms with van der Waals surface area (Å²) >= 11 is 0. The maximum atomic E-state index is 14.5. The van der Waals surface area contributed by atoms with Crippen LogP contribution in [0, 0.1) is 29.4 Å². The van der Waals surface area contributed by atoms with Gasteiger partial charge < -0.3 is 4.74 Å². The van der Waals surface area contributed by atoms with E-state index in [0.717, 1.165) is 56.3 Å². The molecule has 1 aromatic rings. The van der Waals surface area contributed by atoms with Gasteiger partial charge in [-0.3, -0.25) is 0 Å². The first-order valence-corrected chi connectivity index (χ1v) is 11.5. The first kappa shape index (κ1) is 22.1. The molecule has 2 fully saturated rings. The number of ether oxygens (including phenoxy) is 1. The molecule has 0 saturated heterocycles. The minimum Gasteiger partial charge on any atom is -0.491 e. The first-order valence-electron chi connectivity index (χ1n) is 11.5. The van der Waals surface area contributed by atoms with Gasteiger partial charge in [-0.25, -0.2) is 4.39 Å². The summed E-state index contributed by atoms with van der Waals surface area (Å²) in [4.78, 5) is 0. The fraction of sp³-hybridized carbons (Fsp3) is 0.615. The van der Waals surface area contributed by atoms with E-state index < -0.39 is 11.6 Å². The molecular formula is C26H36F2O. The van der Waals surface area contributed by atoms with E-state index in [1.165, 1.54) is 25.7 Å². The first-order chi connectivity index (χ1) is 14.1. The monoisotopic (exact) mass is 402 g/mol. The molecule has 0 amide bonds. The molecule has 0 atom stereocenters. The number of hydrogen-bond donors (Lipinski definition) is 0. The molecule has 160 valence electrons.